The van der Waals surface area contributed by atoms with Crippen LogP contribution in [0.25, 0.3) is 0 Å². The number of nitro groups is 1. The zero-order valence-corrected chi connectivity index (χ0v) is 11.5. The van der Waals surface area contributed by atoms with Gasteiger partial charge in [-0.25, -0.2) is 4.79 Å². The zero-order valence-electron chi connectivity index (χ0n) is 11.5. The first-order chi connectivity index (χ1) is 9.41. The molecule has 1 fully saturated rings. The van der Waals surface area contributed by atoms with Crippen LogP contribution in [0.5, 0.6) is 0 Å². The molecule has 2 N–H and O–H groups in total. The van der Waals surface area contributed by atoms with Crippen LogP contribution >= 0.6 is 0 Å². The summed E-state index contributed by atoms with van der Waals surface area (Å²) in [7, 11) is 0. The summed E-state index contributed by atoms with van der Waals surface area (Å²) in [6.07, 6.45) is 1.94. The summed E-state index contributed by atoms with van der Waals surface area (Å²) in [5.74, 6) is -0.269. The molecule has 0 heterocycles. The maximum atomic E-state index is 11.3. The predicted molar refractivity (Wildman–Crippen MR) is 75.0 cm³/mol. The summed E-state index contributed by atoms with van der Waals surface area (Å²) in [6, 6.07) is 4.19. The number of nitrogens with one attached hydrogen (secondary N) is 1. The van der Waals surface area contributed by atoms with E-state index in [0.29, 0.717) is 11.8 Å². The highest BCUT2D eigenvalue weighted by atomic mass is 16.6. The van der Waals surface area contributed by atoms with Gasteiger partial charge >= 0.3 is 5.97 Å². The maximum Gasteiger partial charge on any atom is 0.338 e. The average molecular weight is 278 g/mol. The normalized spacial score (nSPS) is 25.4. The summed E-state index contributed by atoms with van der Waals surface area (Å²) in [5.41, 5.74) is -0.112. The Morgan fingerprint density at radius 2 is 2.10 bits per heavy atom. The number of aromatic carboxylic acids is 1. The summed E-state index contributed by atoms with van der Waals surface area (Å²) in [6.45, 7) is 4.23. The third kappa shape index (κ3) is 2.59. The molecule has 108 valence electrons. The van der Waals surface area contributed by atoms with E-state index < -0.39 is 10.9 Å². The van der Waals surface area contributed by atoms with Crippen LogP contribution in [-0.2, 0) is 0 Å². The number of benzene rings is 1. The molecule has 6 nitrogen and oxygen atoms in total. The van der Waals surface area contributed by atoms with E-state index in [1.54, 1.807) is 0 Å². The van der Waals surface area contributed by atoms with Gasteiger partial charge in [0.05, 0.1) is 10.5 Å². The molecule has 0 aromatic heterocycles. The van der Waals surface area contributed by atoms with Gasteiger partial charge in [-0.1, -0.05) is 19.9 Å². The second kappa shape index (κ2) is 5.48. The molecule has 0 spiro atoms. The van der Waals surface area contributed by atoms with Crippen LogP contribution in [0.3, 0.4) is 0 Å². The molecule has 2 rings (SSSR count). The first-order valence-corrected chi connectivity index (χ1v) is 6.69. The zero-order chi connectivity index (χ0) is 14.9. The second-order valence-corrected chi connectivity index (χ2v) is 5.43. The molecule has 1 aliphatic carbocycles. The quantitative estimate of drug-likeness (QED) is 0.652. The first-order valence-electron chi connectivity index (χ1n) is 6.69. The van der Waals surface area contributed by atoms with E-state index in [0.717, 1.165) is 12.8 Å². The highest BCUT2D eigenvalue weighted by Gasteiger charge is 2.32. The van der Waals surface area contributed by atoms with E-state index in [2.05, 4.69) is 19.2 Å². The number of nitrogens with zero attached hydrogens (tertiary/aromatic N) is 1. The fourth-order valence-corrected chi connectivity index (χ4v) is 2.78. The van der Waals surface area contributed by atoms with Gasteiger partial charge in [-0.15, -0.1) is 0 Å². The van der Waals surface area contributed by atoms with Crippen molar-refractivity contribution in [1.82, 2.24) is 0 Å². The highest BCUT2D eigenvalue weighted by Crippen LogP contribution is 2.36. The molecule has 1 saturated carbocycles. The number of para-hydroxylation sites is 1. The molecule has 0 bridgehead atoms. The van der Waals surface area contributed by atoms with Gasteiger partial charge in [0, 0.05) is 12.1 Å². The van der Waals surface area contributed by atoms with Gasteiger partial charge in [0.1, 0.15) is 5.69 Å². The van der Waals surface area contributed by atoms with Gasteiger partial charge in [0.25, 0.3) is 5.69 Å². The third-order valence-corrected chi connectivity index (χ3v) is 4.26. The number of anilines is 1. The largest absolute Gasteiger partial charge is 0.478 e. The summed E-state index contributed by atoms with van der Waals surface area (Å²) >= 11 is 0. The summed E-state index contributed by atoms with van der Waals surface area (Å²) in [5, 5.41) is 23.4. The van der Waals surface area contributed by atoms with Crippen molar-refractivity contribution in [1.29, 1.82) is 0 Å². The van der Waals surface area contributed by atoms with Crippen LogP contribution < -0.4 is 5.32 Å². The molecular formula is C14H18N2O4. The topological polar surface area (TPSA) is 92.5 Å². The molecule has 3 unspecified atom stereocenters. The predicted octanol–water partition coefficient (Wildman–Crippen LogP) is 3.14. The van der Waals surface area contributed by atoms with E-state index in [4.69, 9.17) is 0 Å². The fourth-order valence-electron chi connectivity index (χ4n) is 2.78. The van der Waals surface area contributed by atoms with Crippen molar-refractivity contribution in [2.24, 2.45) is 11.8 Å². The van der Waals surface area contributed by atoms with Crippen LogP contribution in [0, 0.1) is 22.0 Å². The lowest BCUT2D eigenvalue weighted by molar-refractivity contribution is -0.384. The maximum absolute atomic E-state index is 11.3. The molecule has 0 radical (unpaired) electrons. The third-order valence-electron chi connectivity index (χ3n) is 4.26. The molecule has 20 heavy (non-hydrogen) atoms. The van der Waals surface area contributed by atoms with E-state index in [1.807, 2.05) is 0 Å². The lowest BCUT2D eigenvalue weighted by atomic mass is 9.97. The lowest BCUT2D eigenvalue weighted by Crippen LogP contribution is -2.25. The summed E-state index contributed by atoms with van der Waals surface area (Å²) in [4.78, 5) is 21.8. The Morgan fingerprint density at radius 3 is 2.60 bits per heavy atom. The molecule has 1 aromatic rings. The molecule has 1 aromatic carbocycles. The van der Waals surface area contributed by atoms with E-state index in [1.165, 1.54) is 18.2 Å². The van der Waals surface area contributed by atoms with Gasteiger partial charge < -0.3 is 10.4 Å². The average Bonchev–Trinajstić information content (AvgIpc) is 2.70. The van der Waals surface area contributed by atoms with Gasteiger partial charge in [-0.05, 0) is 30.7 Å². The smallest absolute Gasteiger partial charge is 0.338 e. The molecule has 0 amide bonds. The fraction of sp³-hybridized carbons (Fsp3) is 0.500. The summed E-state index contributed by atoms with van der Waals surface area (Å²) < 4.78 is 0. The van der Waals surface area contributed by atoms with E-state index in [-0.39, 0.29) is 23.0 Å². The van der Waals surface area contributed by atoms with E-state index in [9.17, 15) is 20.0 Å². The standard InChI is InChI=1S/C14H18N2O4/c1-8-6-7-11(9(8)2)15-13-10(14(17)18)4-3-5-12(13)16(19)20/h3-5,8-9,11,15H,6-7H2,1-2H3,(H,17,18). The number of rotatable bonds is 4. The van der Waals surface area contributed by atoms with Crippen molar-refractivity contribution in [3.63, 3.8) is 0 Å². The number of carbonyl (C=O) groups is 1. The Labute approximate surface area is 117 Å². The number of hydrogen-bond donors (Lipinski definition) is 2. The van der Waals surface area contributed by atoms with Crippen molar-refractivity contribution < 1.29 is 14.8 Å². The number of carboxylic acid groups (broad SMARTS) is 1. The number of carboxylic acids is 1. The minimum atomic E-state index is -1.16. The van der Waals surface area contributed by atoms with Gasteiger partial charge in [0.2, 0.25) is 0 Å². The van der Waals surface area contributed by atoms with Crippen molar-refractivity contribution in [3.05, 3.63) is 33.9 Å². The van der Waals surface area contributed by atoms with Crippen molar-refractivity contribution >= 4 is 17.3 Å². The monoisotopic (exact) mass is 278 g/mol. The van der Waals surface area contributed by atoms with Crippen molar-refractivity contribution in [2.45, 2.75) is 32.7 Å². The molecule has 0 saturated heterocycles. The highest BCUT2D eigenvalue weighted by molar-refractivity contribution is 5.96. The second-order valence-electron chi connectivity index (χ2n) is 5.43. The van der Waals surface area contributed by atoms with Crippen molar-refractivity contribution in [3.8, 4) is 0 Å². The Kier molecular flexibility index (Phi) is 3.92. The molecule has 3 atom stereocenters. The van der Waals surface area contributed by atoms with E-state index >= 15 is 0 Å². The molecule has 6 heteroatoms. The molecular weight excluding hydrogens is 260 g/mol. The van der Waals surface area contributed by atoms with Gasteiger partial charge in [-0.3, -0.25) is 10.1 Å². The Balaban J connectivity index is 2.38. The van der Waals surface area contributed by atoms with Crippen LogP contribution in [0.4, 0.5) is 11.4 Å². The molecule has 0 aliphatic heterocycles. The minimum Gasteiger partial charge on any atom is -0.478 e. The number of nitro benzene ring substituents is 1. The first kappa shape index (κ1) is 14.3. The minimum absolute atomic E-state index is 0.0500. The van der Waals surface area contributed by atoms with Crippen LogP contribution in [0.15, 0.2) is 18.2 Å². The lowest BCUT2D eigenvalue weighted by Gasteiger charge is -2.21. The van der Waals surface area contributed by atoms with Crippen LogP contribution in [-0.4, -0.2) is 22.0 Å². The van der Waals surface area contributed by atoms with Crippen LogP contribution in [0.1, 0.15) is 37.0 Å². The van der Waals surface area contributed by atoms with Gasteiger partial charge in [-0.2, -0.15) is 0 Å². The van der Waals surface area contributed by atoms with Crippen LogP contribution in [0.2, 0.25) is 0 Å². The SMILES string of the molecule is CC1CCC(Nc2c(C(=O)O)cccc2[N+](=O)[O-])C1C. The van der Waals surface area contributed by atoms with Gasteiger partial charge in [0.15, 0.2) is 0 Å². The Hall–Kier alpha value is -2.11. The van der Waals surface area contributed by atoms with Crippen molar-refractivity contribution in [2.75, 3.05) is 5.32 Å². The number of hydrogen-bond acceptors (Lipinski definition) is 4. The Bertz CT molecular complexity index is 512. The molecule has 1 aliphatic rings. The Morgan fingerprint density at radius 1 is 1.40 bits per heavy atom.